The number of aromatic amines is 1. The number of carbonyl (C=O) groups excluding carboxylic acids is 5. The van der Waals surface area contributed by atoms with E-state index in [2.05, 4.69) is 20.9 Å². The van der Waals surface area contributed by atoms with Crippen LogP contribution < -0.4 is 16.0 Å². The van der Waals surface area contributed by atoms with Crippen LogP contribution >= 0.6 is 0 Å². The van der Waals surface area contributed by atoms with Gasteiger partial charge >= 0.3 is 0 Å². The predicted molar refractivity (Wildman–Crippen MR) is 164 cm³/mol. The predicted octanol–water partition coefficient (Wildman–Crippen LogP) is -0.511. The molecule has 3 aromatic rings. The largest absolute Gasteiger partial charge is 0.391 e. The van der Waals surface area contributed by atoms with Crippen molar-refractivity contribution in [3.8, 4) is 0 Å². The second-order valence-electron chi connectivity index (χ2n) is 11.4. The molecule has 2 aliphatic heterocycles. The van der Waals surface area contributed by atoms with Crippen molar-refractivity contribution in [2.45, 2.75) is 43.5 Å². The van der Waals surface area contributed by atoms with E-state index in [1.165, 1.54) is 16.9 Å². The van der Waals surface area contributed by atoms with Gasteiger partial charge in [-0.25, -0.2) is 0 Å². The highest BCUT2D eigenvalue weighted by Crippen LogP contribution is 2.23. The number of fused-ring (bicyclic) bond motifs is 2. The zero-order valence-electron chi connectivity index (χ0n) is 25.0. The van der Waals surface area contributed by atoms with E-state index in [0.717, 1.165) is 22.0 Å². The number of nitrogens with one attached hydrogen (secondary N) is 4. The van der Waals surface area contributed by atoms with Crippen LogP contribution in [0.1, 0.15) is 17.5 Å². The SMILES string of the molecule is COCC(=O)N1CCNC(=O)[C@H](Cc2ccccc2)NC(=O)[C@@H]2C[C@@H](O)CN2C(=O)[C@@H](Cc2c[nH]c3ccccc23)NC(=O)C1. The Labute approximate surface area is 260 Å². The third-order valence-electron chi connectivity index (χ3n) is 8.15. The molecule has 2 aromatic carbocycles. The van der Waals surface area contributed by atoms with Gasteiger partial charge in [0, 0.05) is 63.1 Å². The van der Waals surface area contributed by atoms with E-state index in [1.54, 1.807) is 6.20 Å². The Bertz CT molecular complexity index is 1540. The van der Waals surface area contributed by atoms with Crippen molar-refractivity contribution in [2.75, 3.05) is 39.9 Å². The van der Waals surface area contributed by atoms with Crippen LogP contribution in [0.3, 0.4) is 0 Å². The van der Waals surface area contributed by atoms with Gasteiger partial charge in [-0.1, -0.05) is 48.5 Å². The minimum Gasteiger partial charge on any atom is -0.391 e. The molecular weight excluding hydrogens is 580 g/mol. The lowest BCUT2D eigenvalue weighted by atomic mass is 10.0. The molecule has 0 unspecified atom stereocenters. The van der Waals surface area contributed by atoms with Gasteiger partial charge in [-0.2, -0.15) is 0 Å². The molecule has 2 fully saturated rings. The van der Waals surface area contributed by atoms with Gasteiger partial charge in [-0.05, 0) is 17.2 Å². The summed E-state index contributed by atoms with van der Waals surface area (Å²) in [6, 6.07) is 13.5. The summed E-state index contributed by atoms with van der Waals surface area (Å²) in [5.41, 5.74) is 2.43. The van der Waals surface area contributed by atoms with Crippen molar-refractivity contribution >= 4 is 40.4 Å². The minimum absolute atomic E-state index is 0.00460. The number of ether oxygens (including phenoxy) is 1. The summed E-state index contributed by atoms with van der Waals surface area (Å²) in [5, 5.41) is 19.8. The fraction of sp³-hybridized carbons (Fsp3) is 0.406. The molecule has 0 spiro atoms. The summed E-state index contributed by atoms with van der Waals surface area (Å²) < 4.78 is 5.00. The second kappa shape index (κ2) is 14.4. The molecule has 5 amide bonds. The van der Waals surface area contributed by atoms with E-state index < -0.39 is 53.8 Å². The van der Waals surface area contributed by atoms with Crippen molar-refractivity contribution < 1.29 is 33.8 Å². The molecule has 4 atom stereocenters. The lowest BCUT2D eigenvalue weighted by molar-refractivity contribution is -0.143. The molecule has 0 bridgehead atoms. The number of benzene rings is 2. The highest BCUT2D eigenvalue weighted by Gasteiger charge is 2.42. The molecule has 3 heterocycles. The van der Waals surface area contributed by atoms with Gasteiger partial charge in [0.1, 0.15) is 24.7 Å². The van der Waals surface area contributed by atoms with Gasteiger partial charge < -0.3 is 40.6 Å². The molecule has 5 rings (SSSR count). The molecule has 5 N–H and O–H groups in total. The average molecular weight is 619 g/mol. The van der Waals surface area contributed by atoms with Gasteiger partial charge in [-0.3, -0.25) is 24.0 Å². The zero-order chi connectivity index (χ0) is 31.9. The Kier molecular flexibility index (Phi) is 10.1. The van der Waals surface area contributed by atoms with Crippen LogP contribution in [-0.2, 0) is 41.6 Å². The van der Waals surface area contributed by atoms with Crippen LogP contribution in [-0.4, -0.2) is 114 Å². The number of H-pyrrole nitrogens is 1. The third kappa shape index (κ3) is 7.67. The topological polar surface area (TPSA) is 173 Å². The minimum atomic E-state index is -1.11. The molecule has 0 radical (unpaired) electrons. The molecule has 0 aliphatic carbocycles. The van der Waals surface area contributed by atoms with E-state index in [9.17, 15) is 29.1 Å². The van der Waals surface area contributed by atoms with Crippen LogP contribution in [0.2, 0.25) is 0 Å². The van der Waals surface area contributed by atoms with Crippen LogP contribution in [0.15, 0.2) is 60.8 Å². The number of para-hydroxylation sites is 1. The smallest absolute Gasteiger partial charge is 0.249 e. The monoisotopic (exact) mass is 618 g/mol. The van der Waals surface area contributed by atoms with Crippen molar-refractivity contribution in [3.63, 3.8) is 0 Å². The molecule has 238 valence electrons. The number of aromatic nitrogens is 1. The Morgan fingerprint density at radius 2 is 1.71 bits per heavy atom. The van der Waals surface area contributed by atoms with Gasteiger partial charge in [0.15, 0.2) is 0 Å². The van der Waals surface area contributed by atoms with Crippen LogP contribution in [0.4, 0.5) is 0 Å². The summed E-state index contributed by atoms with van der Waals surface area (Å²) in [5.74, 6) is -2.69. The van der Waals surface area contributed by atoms with E-state index in [1.807, 2.05) is 54.6 Å². The lowest BCUT2D eigenvalue weighted by Gasteiger charge is -2.30. The van der Waals surface area contributed by atoms with E-state index >= 15 is 0 Å². The van der Waals surface area contributed by atoms with E-state index in [0.29, 0.717) is 0 Å². The molecule has 2 saturated heterocycles. The molecular formula is C32H38N6O7. The third-order valence-corrected chi connectivity index (χ3v) is 8.15. The number of aliphatic hydroxyl groups excluding tert-OH is 1. The number of nitrogens with zero attached hydrogens (tertiary/aromatic N) is 2. The van der Waals surface area contributed by atoms with Gasteiger partial charge in [0.25, 0.3) is 0 Å². The standard InChI is InChI=1S/C32H38N6O7/c1-45-19-29(41)37-12-11-33-30(42)25(13-20-7-3-2-4-8-20)36-31(43)27-15-22(39)17-38(27)32(44)26(35-28(40)18-37)14-21-16-34-24-10-6-5-9-23(21)24/h2-10,16,22,25-27,34,39H,11-15,17-19H2,1H3,(H,33,42)(H,35,40)(H,36,43)/t22-,25+,26-,27+/m1/s1. The van der Waals surface area contributed by atoms with Crippen molar-refractivity contribution in [1.29, 1.82) is 0 Å². The first-order chi connectivity index (χ1) is 21.7. The first kappa shape index (κ1) is 31.7. The number of hydrogen-bond acceptors (Lipinski definition) is 7. The lowest BCUT2D eigenvalue weighted by Crippen LogP contribution is -2.57. The molecule has 2 aliphatic rings. The summed E-state index contributed by atoms with van der Waals surface area (Å²) in [7, 11) is 1.36. The molecule has 13 heteroatoms. The van der Waals surface area contributed by atoms with E-state index in [4.69, 9.17) is 4.74 Å². The van der Waals surface area contributed by atoms with Crippen molar-refractivity contribution in [2.24, 2.45) is 0 Å². The van der Waals surface area contributed by atoms with Gasteiger partial charge in [0.2, 0.25) is 29.5 Å². The zero-order valence-corrected chi connectivity index (χ0v) is 25.0. The summed E-state index contributed by atoms with van der Waals surface area (Å²) in [6.45, 7) is -0.777. The van der Waals surface area contributed by atoms with Crippen molar-refractivity contribution in [1.82, 2.24) is 30.7 Å². The summed E-state index contributed by atoms with van der Waals surface area (Å²) in [6.07, 6.45) is 1.04. The van der Waals surface area contributed by atoms with Gasteiger partial charge in [0.05, 0.1) is 12.6 Å². The second-order valence-corrected chi connectivity index (χ2v) is 11.4. The van der Waals surface area contributed by atoms with Crippen LogP contribution in [0, 0.1) is 0 Å². The first-order valence-electron chi connectivity index (χ1n) is 14.9. The highest BCUT2D eigenvalue weighted by molar-refractivity contribution is 5.96. The Morgan fingerprint density at radius 3 is 2.49 bits per heavy atom. The number of carbonyl (C=O) groups is 5. The fourth-order valence-electron chi connectivity index (χ4n) is 5.91. The van der Waals surface area contributed by atoms with Crippen LogP contribution in [0.25, 0.3) is 10.9 Å². The normalized spacial score (nSPS) is 23.5. The number of aliphatic hydroxyl groups is 1. The average Bonchev–Trinajstić information content (AvgIpc) is 3.63. The number of amides is 5. The molecule has 13 nitrogen and oxygen atoms in total. The maximum Gasteiger partial charge on any atom is 0.249 e. The molecule has 45 heavy (non-hydrogen) atoms. The highest BCUT2D eigenvalue weighted by atomic mass is 16.5. The van der Waals surface area contributed by atoms with Crippen LogP contribution in [0.5, 0.6) is 0 Å². The van der Waals surface area contributed by atoms with Gasteiger partial charge in [-0.15, -0.1) is 0 Å². The first-order valence-corrected chi connectivity index (χ1v) is 14.9. The summed E-state index contributed by atoms with van der Waals surface area (Å²) >= 11 is 0. The molecule has 0 saturated carbocycles. The Morgan fingerprint density at radius 1 is 0.956 bits per heavy atom. The van der Waals surface area contributed by atoms with Crippen molar-refractivity contribution in [3.05, 3.63) is 71.9 Å². The maximum atomic E-state index is 14.1. The summed E-state index contributed by atoms with van der Waals surface area (Å²) in [4.78, 5) is 73.1. The quantitative estimate of drug-likeness (QED) is 0.247. The number of rotatable bonds is 6. The molecule has 1 aromatic heterocycles. The Hall–Kier alpha value is -4.75. The number of methoxy groups -OCH3 is 1. The maximum absolute atomic E-state index is 14.1. The van der Waals surface area contributed by atoms with E-state index in [-0.39, 0.29) is 52.0 Å². The Balaban J connectivity index is 1.48. The number of hydrogen-bond donors (Lipinski definition) is 5. The fourth-order valence-corrected chi connectivity index (χ4v) is 5.91.